The van der Waals surface area contributed by atoms with Gasteiger partial charge in [0.25, 0.3) is 5.91 Å². The lowest BCUT2D eigenvalue weighted by Gasteiger charge is -2.34. The second kappa shape index (κ2) is 4.53. The van der Waals surface area contributed by atoms with Crippen LogP contribution in [0.2, 0.25) is 0 Å². The maximum absolute atomic E-state index is 12.2. The first-order chi connectivity index (χ1) is 8.74. The van der Waals surface area contributed by atoms with Crippen LogP contribution < -0.4 is 5.73 Å². The minimum atomic E-state index is -0.0436. The summed E-state index contributed by atoms with van der Waals surface area (Å²) in [6.07, 6.45) is 2.63. The van der Waals surface area contributed by atoms with E-state index in [0.29, 0.717) is 11.5 Å². The molecule has 18 heavy (non-hydrogen) atoms. The molecule has 1 amide bonds. The summed E-state index contributed by atoms with van der Waals surface area (Å²) in [5.74, 6) is 0.294. The Morgan fingerprint density at radius 2 is 1.89 bits per heavy atom. The molecule has 1 saturated heterocycles. The zero-order valence-corrected chi connectivity index (χ0v) is 10.2. The zero-order valence-electron chi connectivity index (χ0n) is 10.2. The number of hydrogen-bond acceptors (Lipinski definition) is 5. The number of nitrogens with two attached hydrogens (primary N) is 1. The van der Waals surface area contributed by atoms with E-state index in [0.717, 1.165) is 32.2 Å². The fraction of sp³-hybridized carbons (Fsp3) is 0.583. The molecule has 96 valence electrons. The number of rotatable bonds is 2. The van der Waals surface area contributed by atoms with E-state index in [4.69, 9.17) is 5.73 Å². The van der Waals surface area contributed by atoms with Crippen LogP contribution in [-0.2, 0) is 0 Å². The molecule has 2 aliphatic rings. The van der Waals surface area contributed by atoms with Crippen LogP contribution in [0.5, 0.6) is 0 Å². The fourth-order valence-corrected chi connectivity index (χ4v) is 2.35. The van der Waals surface area contributed by atoms with Gasteiger partial charge in [0.15, 0.2) is 5.69 Å². The number of carbonyl (C=O) groups is 1. The summed E-state index contributed by atoms with van der Waals surface area (Å²) in [7, 11) is 0. The number of piperazine rings is 1. The van der Waals surface area contributed by atoms with Crippen molar-refractivity contribution < 1.29 is 4.79 Å². The summed E-state index contributed by atoms with van der Waals surface area (Å²) in [5.41, 5.74) is 5.84. The Labute approximate surface area is 106 Å². The predicted molar refractivity (Wildman–Crippen MR) is 66.9 cm³/mol. The van der Waals surface area contributed by atoms with E-state index < -0.39 is 0 Å². The second-order valence-corrected chi connectivity index (χ2v) is 4.90. The first-order valence-corrected chi connectivity index (χ1v) is 6.36. The number of nitrogen functional groups attached to an aromatic ring is 1. The quantitative estimate of drug-likeness (QED) is 0.795. The first-order valence-electron chi connectivity index (χ1n) is 6.36. The minimum Gasteiger partial charge on any atom is -0.382 e. The molecule has 2 heterocycles. The van der Waals surface area contributed by atoms with Crippen molar-refractivity contribution in [2.45, 2.75) is 18.9 Å². The average molecular weight is 247 g/mol. The Morgan fingerprint density at radius 1 is 1.17 bits per heavy atom. The molecule has 0 bridgehead atoms. The van der Waals surface area contributed by atoms with Gasteiger partial charge in [-0.25, -0.2) is 0 Å². The van der Waals surface area contributed by atoms with E-state index in [9.17, 15) is 4.79 Å². The van der Waals surface area contributed by atoms with E-state index in [1.54, 1.807) is 12.1 Å². The number of aromatic nitrogens is 2. The van der Waals surface area contributed by atoms with E-state index in [-0.39, 0.29) is 5.91 Å². The normalized spacial score (nSPS) is 21.0. The van der Waals surface area contributed by atoms with Crippen molar-refractivity contribution in [1.82, 2.24) is 20.0 Å². The third kappa shape index (κ3) is 2.28. The highest BCUT2D eigenvalue weighted by Crippen LogP contribution is 2.27. The minimum absolute atomic E-state index is 0.0436. The number of hydrogen-bond donors (Lipinski definition) is 1. The summed E-state index contributed by atoms with van der Waals surface area (Å²) in [6.45, 7) is 3.50. The van der Waals surface area contributed by atoms with Crippen molar-refractivity contribution in [3.63, 3.8) is 0 Å². The van der Waals surface area contributed by atoms with E-state index in [1.165, 1.54) is 12.8 Å². The van der Waals surface area contributed by atoms with Crippen molar-refractivity contribution in [2.75, 3.05) is 31.9 Å². The Hall–Kier alpha value is -1.69. The van der Waals surface area contributed by atoms with Gasteiger partial charge in [-0.2, -0.15) is 0 Å². The Morgan fingerprint density at radius 3 is 2.44 bits per heavy atom. The largest absolute Gasteiger partial charge is 0.382 e. The average Bonchev–Trinajstić information content (AvgIpc) is 3.23. The van der Waals surface area contributed by atoms with E-state index in [2.05, 4.69) is 15.1 Å². The van der Waals surface area contributed by atoms with Crippen LogP contribution in [0.3, 0.4) is 0 Å². The highest BCUT2D eigenvalue weighted by molar-refractivity contribution is 5.92. The third-order valence-electron chi connectivity index (χ3n) is 3.57. The molecule has 1 aromatic rings. The standard InChI is InChI=1S/C12H17N5O/c13-11-4-3-10(14-15-11)12(18)17-7-5-16(6-8-17)9-1-2-9/h3-4,9H,1-2,5-8H2,(H2,13,15). The summed E-state index contributed by atoms with van der Waals surface area (Å²) in [4.78, 5) is 16.5. The molecule has 1 aromatic heterocycles. The molecule has 6 heteroatoms. The van der Waals surface area contributed by atoms with E-state index >= 15 is 0 Å². The maximum Gasteiger partial charge on any atom is 0.274 e. The van der Waals surface area contributed by atoms with Crippen LogP contribution in [0.4, 0.5) is 5.82 Å². The highest BCUT2D eigenvalue weighted by Gasteiger charge is 2.32. The van der Waals surface area contributed by atoms with Crippen molar-refractivity contribution in [1.29, 1.82) is 0 Å². The summed E-state index contributed by atoms with van der Waals surface area (Å²) in [6, 6.07) is 4.03. The summed E-state index contributed by atoms with van der Waals surface area (Å²) in [5, 5.41) is 7.56. The molecule has 0 spiro atoms. The van der Waals surface area contributed by atoms with Gasteiger partial charge in [0.2, 0.25) is 0 Å². The molecule has 1 aliphatic carbocycles. The molecule has 1 aliphatic heterocycles. The maximum atomic E-state index is 12.2. The smallest absolute Gasteiger partial charge is 0.274 e. The van der Waals surface area contributed by atoms with Crippen molar-refractivity contribution in [3.8, 4) is 0 Å². The van der Waals surface area contributed by atoms with Crippen LogP contribution in [0.1, 0.15) is 23.3 Å². The Balaban J connectivity index is 1.61. The van der Waals surface area contributed by atoms with Gasteiger partial charge in [0.05, 0.1) is 0 Å². The van der Waals surface area contributed by atoms with Crippen LogP contribution in [0.25, 0.3) is 0 Å². The van der Waals surface area contributed by atoms with Gasteiger partial charge in [0.1, 0.15) is 5.82 Å². The first kappa shape index (κ1) is 11.4. The molecule has 0 unspecified atom stereocenters. The van der Waals surface area contributed by atoms with Gasteiger partial charge in [-0.05, 0) is 25.0 Å². The topological polar surface area (TPSA) is 75.4 Å². The molecule has 2 fully saturated rings. The third-order valence-corrected chi connectivity index (χ3v) is 3.57. The van der Waals surface area contributed by atoms with Gasteiger partial charge >= 0.3 is 0 Å². The lowest BCUT2D eigenvalue weighted by molar-refractivity contribution is 0.0620. The number of anilines is 1. The predicted octanol–water partition coefficient (Wildman–Crippen LogP) is -0.0210. The summed E-state index contributed by atoms with van der Waals surface area (Å²) < 4.78 is 0. The molecule has 1 saturated carbocycles. The molecule has 2 N–H and O–H groups in total. The van der Waals surface area contributed by atoms with Gasteiger partial charge in [-0.3, -0.25) is 9.69 Å². The molecular weight excluding hydrogens is 230 g/mol. The van der Waals surface area contributed by atoms with Crippen LogP contribution in [0, 0.1) is 0 Å². The van der Waals surface area contributed by atoms with Crippen molar-refractivity contribution in [2.24, 2.45) is 0 Å². The van der Waals surface area contributed by atoms with Crippen molar-refractivity contribution >= 4 is 11.7 Å². The van der Waals surface area contributed by atoms with Crippen LogP contribution in [-0.4, -0.2) is 58.1 Å². The number of carbonyl (C=O) groups excluding carboxylic acids is 1. The SMILES string of the molecule is Nc1ccc(C(=O)N2CCN(C3CC3)CC2)nn1. The molecule has 0 atom stereocenters. The molecule has 3 rings (SSSR count). The number of nitrogens with zero attached hydrogens (tertiary/aromatic N) is 4. The second-order valence-electron chi connectivity index (χ2n) is 4.90. The Bertz CT molecular complexity index is 434. The molecule has 6 nitrogen and oxygen atoms in total. The molecule has 0 aromatic carbocycles. The molecule has 0 radical (unpaired) electrons. The van der Waals surface area contributed by atoms with Gasteiger partial charge < -0.3 is 10.6 Å². The monoisotopic (exact) mass is 247 g/mol. The fourth-order valence-electron chi connectivity index (χ4n) is 2.35. The number of amides is 1. The lowest BCUT2D eigenvalue weighted by atomic mass is 10.2. The lowest BCUT2D eigenvalue weighted by Crippen LogP contribution is -2.49. The zero-order chi connectivity index (χ0) is 12.5. The summed E-state index contributed by atoms with van der Waals surface area (Å²) >= 11 is 0. The Kier molecular flexibility index (Phi) is 2.87. The van der Waals surface area contributed by atoms with Gasteiger partial charge in [-0.15, -0.1) is 10.2 Å². The van der Waals surface area contributed by atoms with Crippen molar-refractivity contribution in [3.05, 3.63) is 17.8 Å². The van der Waals surface area contributed by atoms with Gasteiger partial charge in [-0.1, -0.05) is 0 Å². The van der Waals surface area contributed by atoms with Crippen LogP contribution in [0.15, 0.2) is 12.1 Å². The highest BCUT2D eigenvalue weighted by atomic mass is 16.2. The van der Waals surface area contributed by atoms with Gasteiger partial charge in [0, 0.05) is 32.2 Å². The van der Waals surface area contributed by atoms with Crippen LogP contribution >= 0.6 is 0 Å². The van der Waals surface area contributed by atoms with E-state index in [1.807, 2.05) is 4.90 Å². The molecular formula is C12H17N5O.